The van der Waals surface area contributed by atoms with Crippen LogP contribution in [0.5, 0.6) is 0 Å². The molecule has 0 bridgehead atoms. The second-order valence-corrected chi connectivity index (χ2v) is 13.5. The molecule has 1 aromatic heterocycles. The van der Waals surface area contributed by atoms with Gasteiger partial charge in [0.15, 0.2) is 4.77 Å². The van der Waals surface area contributed by atoms with Gasteiger partial charge in [-0.15, -0.1) is 24.8 Å². The maximum absolute atomic E-state index is 14.2. The predicted octanol–water partition coefficient (Wildman–Crippen LogP) is 4.02. The second-order valence-electron chi connectivity index (χ2n) is 11.0. The number of piperidine rings is 1. The van der Waals surface area contributed by atoms with Gasteiger partial charge in [-0.2, -0.15) is 5.26 Å². The number of aliphatic hydroxyl groups is 1. The molecule has 2 saturated carbocycles. The number of rotatable bonds is 3. The van der Waals surface area contributed by atoms with Crippen LogP contribution in [0.2, 0.25) is 0 Å². The molecule has 7 rings (SSSR count). The topological polar surface area (TPSA) is 125 Å². The molecule has 0 radical (unpaired) electrons. The molecule has 46 heavy (non-hydrogen) atoms. The summed E-state index contributed by atoms with van der Waals surface area (Å²) >= 11 is 15.2. The number of Topliss-reactive ketones (excluding diaryl/α,β-unsaturated/α-hetero) is 1. The number of benzene rings is 2. The van der Waals surface area contributed by atoms with Crippen LogP contribution in [0.1, 0.15) is 55.1 Å². The number of carbonyl (C=O) groups excluding carboxylic acids is 1. The van der Waals surface area contributed by atoms with Crippen molar-refractivity contribution >= 4 is 87.3 Å². The monoisotopic (exact) mass is 869 g/mol. The van der Waals surface area contributed by atoms with Crippen molar-refractivity contribution in [1.29, 1.82) is 5.26 Å². The van der Waals surface area contributed by atoms with E-state index >= 15 is 0 Å². The Hall–Kier alpha value is 0.296. The molecule has 2 aliphatic carbocycles. The zero-order valence-electron chi connectivity index (χ0n) is 25.7. The second kappa shape index (κ2) is 19.1. The van der Waals surface area contributed by atoms with Crippen LogP contribution >= 0.6 is 81.5 Å². The van der Waals surface area contributed by atoms with Gasteiger partial charge in [0.25, 0.3) is 0 Å². The first-order valence-corrected chi connectivity index (χ1v) is 15.9. The number of hydrogen-bond donors (Lipinski definition) is 4. The van der Waals surface area contributed by atoms with Gasteiger partial charge in [-0.25, -0.2) is 8.78 Å². The zero-order chi connectivity index (χ0) is 31.0. The van der Waals surface area contributed by atoms with Crippen molar-refractivity contribution in [2.45, 2.75) is 62.9 Å². The summed E-state index contributed by atoms with van der Waals surface area (Å²) in [4.78, 5) is 14.6. The van der Waals surface area contributed by atoms with E-state index in [1.807, 2.05) is 19.1 Å². The Kier molecular flexibility index (Phi) is 19.2. The van der Waals surface area contributed by atoms with Crippen LogP contribution in [-0.4, -0.2) is 45.1 Å². The number of nitrogens with zero attached hydrogens (tertiary/aromatic N) is 2. The van der Waals surface area contributed by atoms with Crippen LogP contribution < -0.4 is 56.7 Å². The number of thiol groups is 1. The SMILES string of the molecule is CC(=O)C1NC[C@@]2(c3cc(Br)ccc3F)C[C@@H]12.CCO.Cc1[nH]c(=S)n2c1[C@@H]1C[C@]1(c1cc(Br)ccc1F)C2.Cl.Cl.N#CS.O.[K+]. The fourth-order valence-corrected chi connectivity index (χ4v) is 7.75. The Morgan fingerprint density at radius 1 is 1.13 bits per heavy atom. The number of aromatic nitrogens is 2. The van der Waals surface area contributed by atoms with E-state index in [1.165, 1.54) is 17.2 Å². The molecular formula is C30H36Br2Cl2F2KN4O3S2+. The molecule has 5 atom stereocenters. The summed E-state index contributed by atoms with van der Waals surface area (Å²) in [5, 5.41) is 19.4. The third-order valence-corrected chi connectivity index (χ3v) is 9.91. The molecule has 2 aromatic carbocycles. The van der Waals surface area contributed by atoms with Gasteiger partial charge in [-0.05, 0) is 99.3 Å². The van der Waals surface area contributed by atoms with Gasteiger partial charge < -0.3 is 25.5 Å². The van der Waals surface area contributed by atoms with Crippen LogP contribution in [-0.2, 0) is 22.2 Å². The van der Waals surface area contributed by atoms with Crippen LogP contribution in [0.3, 0.4) is 0 Å². The van der Waals surface area contributed by atoms with Gasteiger partial charge in [0, 0.05) is 56.8 Å². The Bertz CT molecular complexity index is 1630. The van der Waals surface area contributed by atoms with Crippen molar-refractivity contribution in [1.82, 2.24) is 14.9 Å². The molecule has 0 spiro atoms. The summed E-state index contributed by atoms with van der Waals surface area (Å²) < 4.78 is 32.8. The number of carbonyl (C=O) groups is 1. The molecule has 248 valence electrons. The van der Waals surface area contributed by atoms with Crippen molar-refractivity contribution in [3.8, 4) is 5.40 Å². The van der Waals surface area contributed by atoms with Crippen LogP contribution in [0.25, 0.3) is 0 Å². The van der Waals surface area contributed by atoms with E-state index in [-0.39, 0.29) is 128 Å². The number of hydrogen-bond acceptors (Lipinski definition) is 6. The molecule has 4 aliphatic rings. The van der Waals surface area contributed by atoms with Crippen molar-refractivity contribution in [3.05, 3.63) is 84.3 Å². The molecule has 1 unspecified atom stereocenters. The van der Waals surface area contributed by atoms with E-state index in [4.69, 9.17) is 22.6 Å². The average Bonchev–Trinajstić information content (AvgIpc) is 3.71. The number of imidazole rings is 1. The molecule has 16 heteroatoms. The Morgan fingerprint density at radius 3 is 2.02 bits per heavy atom. The maximum atomic E-state index is 14.2. The molecular weight excluding hydrogens is 836 g/mol. The van der Waals surface area contributed by atoms with Gasteiger partial charge >= 0.3 is 51.4 Å². The molecule has 3 fully saturated rings. The van der Waals surface area contributed by atoms with Gasteiger partial charge in [0.05, 0.1) is 6.04 Å². The normalized spacial score (nSPS) is 24.6. The van der Waals surface area contributed by atoms with Crippen molar-refractivity contribution in [2.75, 3.05) is 13.2 Å². The van der Waals surface area contributed by atoms with Crippen LogP contribution in [0.15, 0.2) is 45.3 Å². The molecule has 2 aliphatic heterocycles. The predicted molar refractivity (Wildman–Crippen MR) is 189 cm³/mol. The smallest absolute Gasteiger partial charge is 0.412 e. The van der Waals surface area contributed by atoms with Gasteiger partial charge in [0.2, 0.25) is 0 Å². The summed E-state index contributed by atoms with van der Waals surface area (Å²) in [6, 6.07) is 10.2. The number of nitriles is 1. The van der Waals surface area contributed by atoms with Crippen molar-refractivity contribution in [3.63, 3.8) is 0 Å². The van der Waals surface area contributed by atoms with Gasteiger partial charge in [-0.3, -0.25) is 4.79 Å². The standard InChI is InChI=1S/C14H12BrFN2S.C13H13BrFNO.C2H6O.CHNS.2ClH.K.H2O/c1-7-12-10-5-14(10,6-18(12)13(19)17-7)9-4-8(15)2-3-11(9)16;1-7(17)12-10-5-13(10,6-16-12)9-4-8(14)2-3-11(9)15;1-2-3;2-1-3;;;;/h2-4,10H,5-6H2,1H3,(H,17,19);2-4,10,12,16H,5-6H2,1H3;3H,2H2,1H3;3H;2*1H;;1H2/q;;;;;;+1;/t10-,14+;10-,12?,13+;;;;;;/m00....../s1. The Morgan fingerprint density at radius 2 is 1.61 bits per heavy atom. The molecule has 3 aromatic rings. The first kappa shape index (κ1) is 46.3. The van der Waals surface area contributed by atoms with Crippen molar-refractivity contribution in [2.24, 2.45) is 5.92 Å². The number of fused-ring (bicyclic) bond motifs is 4. The van der Waals surface area contributed by atoms with E-state index < -0.39 is 0 Å². The van der Waals surface area contributed by atoms with E-state index in [2.05, 4.69) is 59.4 Å². The minimum absolute atomic E-state index is 0. The Labute approximate surface area is 350 Å². The number of halogens is 6. The van der Waals surface area contributed by atoms with E-state index in [1.54, 1.807) is 32.0 Å². The third kappa shape index (κ3) is 9.14. The quantitative estimate of drug-likeness (QED) is 0.137. The van der Waals surface area contributed by atoms with Gasteiger partial charge in [0.1, 0.15) is 22.8 Å². The number of nitrogens with one attached hydrogen (secondary N) is 2. The summed E-state index contributed by atoms with van der Waals surface area (Å²) in [6.45, 7) is 7.08. The summed E-state index contributed by atoms with van der Waals surface area (Å²) in [5.74, 6) is 0.559. The number of aliphatic hydroxyl groups excluding tert-OH is 1. The fourth-order valence-electron chi connectivity index (χ4n) is 6.71. The summed E-state index contributed by atoms with van der Waals surface area (Å²) in [5.41, 5.74) is 3.74. The first-order valence-electron chi connectivity index (χ1n) is 13.5. The number of aromatic amines is 1. The van der Waals surface area contributed by atoms with E-state index in [0.29, 0.717) is 12.5 Å². The van der Waals surface area contributed by atoms with Crippen LogP contribution in [0.4, 0.5) is 8.78 Å². The minimum atomic E-state index is -0.165. The van der Waals surface area contributed by atoms with Crippen molar-refractivity contribution < 1.29 is 75.5 Å². The zero-order valence-corrected chi connectivity index (χ0v) is 35.3. The number of thiocyanates is 1. The molecule has 0 amide bonds. The fraction of sp³-hybridized carbons (Fsp3) is 0.433. The molecule has 1 saturated heterocycles. The number of ketones is 1. The largest absolute Gasteiger partial charge is 1.00 e. The minimum Gasteiger partial charge on any atom is -0.412 e. The molecule has 7 nitrogen and oxygen atoms in total. The Balaban J connectivity index is 0.000000703. The summed E-state index contributed by atoms with van der Waals surface area (Å²) in [7, 11) is 0. The van der Waals surface area contributed by atoms with Crippen LogP contribution in [0, 0.1) is 39.9 Å². The van der Waals surface area contributed by atoms with E-state index in [9.17, 15) is 13.6 Å². The average molecular weight is 873 g/mol. The maximum Gasteiger partial charge on any atom is 1.00 e. The first-order chi connectivity index (χ1) is 19.9. The molecule has 5 N–H and O–H groups in total. The molecule has 3 heterocycles. The van der Waals surface area contributed by atoms with E-state index in [0.717, 1.165) is 49.9 Å². The number of aryl methyl sites for hydroxylation is 1. The summed E-state index contributed by atoms with van der Waals surface area (Å²) in [6.07, 6.45) is 1.94. The third-order valence-electron chi connectivity index (χ3n) is 8.60. The van der Waals surface area contributed by atoms with Gasteiger partial charge in [-0.1, -0.05) is 44.5 Å². The number of H-pyrrole nitrogens is 1.